The van der Waals surface area contributed by atoms with Gasteiger partial charge in [0.1, 0.15) is 0 Å². The first-order chi connectivity index (χ1) is 9.65. The predicted octanol–water partition coefficient (Wildman–Crippen LogP) is 4.43. The van der Waals surface area contributed by atoms with Gasteiger partial charge < -0.3 is 4.84 Å². The Morgan fingerprint density at radius 3 is 2.75 bits per heavy atom. The zero-order valence-electron chi connectivity index (χ0n) is 10.9. The molecule has 106 valence electrons. The summed E-state index contributed by atoms with van der Waals surface area (Å²) in [6, 6.07) is 7.14. The zero-order chi connectivity index (χ0) is 14.4. The SMILES string of the molecule is O=C(C=Cc1ccc(Cl)cc1)ON=C1CCCCC1Cl. The zero-order valence-corrected chi connectivity index (χ0v) is 12.4. The summed E-state index contributed by atoms with van der Waals surface area (Å²) in [5, 5.41) is 4.39. The van der Waals surface area contributed by atoms with Crippen LogP contribution in [0, 0.1) is 0 Å². The second-order valence-corrected chi connectivity index (χ2v) is 5.55. The summed E-state index contributed by atoms with van der Waals surface area (Å²) in [6.45, 7) is 0. The summed E-state index contributed by atoms with van der Waals surface area (Å²) in [5.41, 5.74) is 1.62. The largest absolute Gasteiger partial charge is 0.358 e. The molecular formula is C15H15Cl2NO2. The molecule has 0 heterocycles. The van der Waals surface area contributed by atoms with E-state index in [0.29, 0.717) is 5.02 Å². The average molecular weight is 312 g/mol. The number of hydrogen-bond donors (Lipinski definition) is 0. The number of rotatable bonds is 3. The van der Waals surface area contributed by atoms with Crippen LogP contribution in [-0.2, 0) is 9.63 Å². The molecule has 5 heteroatoms. The highest BCUT2D eigenvalue weighted by atomic mass is 35.5. The Labute approximate surface area is 128 Å². The van der Waals surface area contributed by atoms with E-state index in [1.807, 2.05) is 12.1 Å². The molecule has 1 aromatic rings. The third-order valence-electron chi connectivity index (χ3n) is 3.04. The van der Waals surface area contributed by atoms with Crippen LogP contribution >= 0.6 is 23.2 Å². The fourth-order valence-corrected chi connectivity index (χ4v) is 2.36. The maximum absolute atomic E-state index is 11.5. The summed E-state index contributed by atoms with van der Waals surface area (Å²) in [5.74, 6) is -0.512. The standard InChI is InChI=1S/C15H15Cl2NO2/c16-12-8-5-11(6-9-12)7-10-15(19)20-18-14-4-2-1-3-13(14)17/h5-10,13H,1-4H2. The molecule has 0 spiro atoms. The van der Waals surface area contributed by atoms with Crippen molar-refractivity contribution in [3.05, 3.63) is 40.9 Å². The lowest BCUT2D eigenvalue weighted by Crippen LogP contribution is -2.20. The van der Waals surface area contributed by atoms with Crippen molar-refractivity contribution in [2.45, 2.75) is 31.1 Å². The highest BCUT2D eigenvalue weighted by molar-refractivity contribution is 6.32. The van der Waals surface area contributed by atoms with Crippen LogP contribution in [0.25, 0.3) is 6.08 Å². The molecule has 0 N–H and O–H groups in total. The van der Waals surface area contributed by atoms with Gasteiger partial charge in [0.15, 0.2) is 0 Å². The molecule has 2 rings (SSSR count). The minimum atomic E-state index is -0.512. The smallest absolute Gasteiger partial charge is 0.313 e. The quantitative estimate of drug-likeness (QED) is 0.358. The number of oxime groups is 1. The van der Waals surface area contributed by atoms with E-state index in [1.54, 1.807) is 18.2 Å². The molecule has 0 radical (unpaired) electrons. The lowest BCUT2D eigenvalue weighted by molar-refractivity contribution is -0.137. The summed E-state index contributed by atoms with van der Waals surface area (Å²) < 4.78 is 0. The van der Waals surface area contributed by atoms with Crippen molar-refractivity contribution in [3.8, 4) is 0 Å². The number of halogens is 2. The van der Waals surface area contributed by atoms with E-state index in [-0.39, 0.29) is 5.38 Å². The highest BCUT2D eigenvalue weighted by Gasteiger charge is 2.18. The maximum Gasteiger partial charge on any atom is 0.358 e. The first-order valence-electron chi connectivity index (χ1n) is 6.50. The van der Waals surface area contributed by atoms with Crippen molar-refractivity contribution in [1.82, 2.24) is 0 Å². The Kier molecular flexibility index (Phi) is 5.62. The van der Waals surface area contributed by atoms with Crippen LogP contribution < -0.4 is 0 Å². The number of carbonyl (C=O) groups excluding carboxylic acids is 1. The van der Waals surface area contributed by atoms with Gasteiger partial charge in [-0.2, -0.15) is 0 Å². The number of nitrogens with zero attached hydrogens (tertiary/aromatic N) is 1. The van der Waals surface area contributed by atoms with E-state index in [4.69, 9.17) is 28.0 Å². The molecule has 0 aliphatic heterocycles. The molecule has 1 atom stereocenters. The first-order valence-corrected chi connectivity index (χ1v) is 7.32. The monoisotopic (exact) mass is 311 g/mol. The Bertz CT molecular complexity index is 523. The molecule has 0 saturated heterocycles. The second kappa shape index (κ2) is 7.46. The lowest BCUT2D eigenvalue weighted by atomic mass is 9.98. The Hall–Kier alpha value is -1.32. The number of hydrogen-bond acceptors (Lipinski definition) is 3. The van der Waals surface area contributed by atoms with Gasteiger partial charge in [0.2, 0.25) is 0 Å². The molecule has 1 aliphatic carbocycles. The van der Waals surface area contributed by atoms with E-state index < -0.39 is 5.97 Å². The average Bonchev–Trinajstić information content (AvgIpc) is 2.46. The summed E-state index contributed by atoms with van der Waals surface area (Å²) >= 11 is 11.9. The van der Waals surface area contributed by atoms with Crippen molar-refractivity contribution < 1.29 is 9.63 Å². The fraction of sp³-hybridized carbons (Fsp3) is 0.333. The van der Waals surface area contributed by atoms with Crippen LogP contribution in [0.4, 0.5) is 0 Å². The molecule has 0 bridgehead atoms. The number of alkyl halides is 1. The summed E-state index contributed by atoms with van der Waals surface area (Å²) in [4.78, 5) is 16.4. The van der Waals surface area contributed by atoms with Gasteiger partial charge >= 0.3 is 5.97 Å². The van der Waals surface area contributed by atoms with Crippen molar-refractivity contribution >= 4 is 41.0 Å². The van der Waals surface area contributed by atoms with E-state index >= 15 is 0 Å². The van der Waals surface area contributed by atoms with Crippen LogP contribution in [0.2, 0.25) is 5.02 Å². The van der Waals surface area contributed by atoms with Crippen molar-refractivity contribution in [3.63, 3.8) is 0 Å². The predicted molar refractivity (Wildman–Crippen MR) is 82.1 cm³/mol. The molecule has 0 amide bonds. The van der Waals surface area contributed by atoms with E-state index in [0.717, 1.165) is 37.0 Å². The molecule has 1 unspecified atom stereocenters. The Balaban J connectivity index is 1.89. The van der Waals surface area contributed by atoms with Gasteiger partial charge in [0, 0.05) is 11.1 Å². The first kappa shape index (κ1) is 15.1. The van der Waals surface area contributed by atoms with Crippen LogP contribution in [0.15, 0.2) is 35.5 Å². The number of benzene rings is 1. The lowest BCUT2D eigenvalue weighted by Gasteiger charge is -2.16. The third-order valence-corrected chi connectivity index (χ3v) is 3.76. The summed E-state index contributed by atoms with van der Waals surface area (Å²) in [7, 11) is 0. The van der Waals surface area contributed by atoms with Crippen LogP contribution in [0.3, 0.4) is 0 Å². The molecule has 3 nitrogen and oxygen atoms in total. The minimum absolute atomic E-state index is 0.114. The highest BCUT2D eigenvalue weighted by Crippen LogP contribution is 2.20. The molecule has 0 aromatic heterocycles. The van der Waals surface area contributed by atoms with Crippen molar-refractivity contribution in [2.75, 3.05) is 0 Å². The molecular weight excluding hydrogens is 297 g/mol. The van der Waals surface area contributed by atoms with Gasteiger partial charge in [-0.1, -0.05) is 35.3 Å². The maximum atomic E-state index is 11.5. The van der Waals surface area contributed by atoms with Gasteiger partial charge in [-0.25, -0.2) is 4.79 Å². The molecule has 20 heavy (non-hydrogen) atoms. The summed E-state index contributed by atoms with van der Waals surface area (Å²) in [6.07, 6.45) is 6.80. The Morgan fingerprint density at radius 2 is 2.05 bits per heavy atom. The second-order valence-electron chi connectivity index (χ2n) is 4.59. The molecule has 1 aliphatic rings. The van der Waals surface area contributed by atoms with Crippen molar-refractivity contribution in [2.24, 2.45) is 5.16 Å². The Morgan fingerprint density at radius 1 is 1.30 bits per heavy atom. The van der Waals surface area contributed by atoms with E-state index in [2.05, 4.69) is 5.16 Å². The minimum Gasteiger partial charge on any atom is -0.313 e. The van der Waals surface area contributed by atoms with Gasteiger partial charge in [0.05, 0.1) is 11.1 Å². The van der Waals surface area contributed by atoms with Gasteiger partial charge in [-0.15, -0.1) is 11.6 Å². The molecule has 1 aromatic carbocycles. The van der Waals surface area contributed by atoms with Gasteiger partial charge in [-0.05, 0) is 43.0 Å². The molecule has 1 fully saturated rings. The van der Waals surface area contributed by atoms with Crippen molar-refractivity contribution in [1.29, 1.82) is 0 Å². The van der Waals surface area contributed by atoms with Crippen LogP contribution in [0.1, 0.15) is 31.2 Å². The number of carbonyl (C=O) groups is 1. The normalized spacial score (nSPS) is 21.3. The van der Waals surface area contributed by atoms with E-state index in [1.165, 1.54) is 6.08 Å². The van der Waals surface area contributed by atoms with Crippen LogP contribution in [0.5, 0.6) is 0 Å². The fourth-order valence-electron chi connectivity index (χ4n) is 1.93. The van der Waals surface area contributed by atoms with E-state index in [9.17, 15) is 4.79 Å². The van der Waals surface area contributed by atoms with Gasteiger partial charge in [0.25, 0.3) is 0 Å². The van der Waals surface area contributed by atoms with Gasteiger partial charge in [-0.3, -0.25) is 0 Å². The third kappa shape index (κ3) is 4.66. The topological polar surface area (TPSA) is 38.7 Å². The van der Waals surface area contributed by atoms with Crippen LogP contribution in [-0.4, -0.2) is 17.1 Å². The molecule has 1 saturated carbocycles.